The van der Waals surface area contributed by atoms with Crippen LogP contribution in [0.1, 0.15) is 95.1 Å². The fourth-order valence-electron chi connectivity index (χ4n) is 5.87. The summed E-state index contributed by atoms with van der Waals surface area (Å²) in [5.41, 5.74) is 8.18. The number of nitrogens with one attached hydrogen (secondary N) is 2. The summed E-state index contributed by atoms with van der Waals surface area (Å²) in [7, 11) is 0. The maximum absolute atomic E-state index is 14.3. The summed E-state index contributed by atoms with van der Waals surface area (Å²) in [6.45, 7) is 0.324. The molecule has 3 aromatic rings. The number of rotatable bonds is 9. The molecule has 3 amide bonds. The van der Waals surface area contributed by atoms with E-state index < -0.39 is 11.9 Å². The van der Waals surface area contributed by atoms with Gasteiger partial charge in [-0.25, -0.2) is 0 Å². The second-order valence-corrected chi connectivity index (χ2v) is 12.1. The molecule has 0 aliphatic heterocycles. The Balaban J connectivity index is 1.45. The van der Waals surface area contributed by atoms with Crippen molar-refractivity contribution >= 4 is 46.5 Å². The van der Waals surface area contributed by atoms with Crippen LogP contribution in [-0.2, 0) is 11.3 Å². The van der Waals surface area contributed by atoms with Gasteiger partial charge in [-0.3, -0.25) is 14.4 Å². The van der Waals surface area contributed by atoms with Gasteiger partial charge in [-0.05, 0) is 60.5 Å². The second kappa shape index (κ2) is 13.5. The number of carbonyl (C=O) groups is 3. The summed E-state index contributed by atoms with van der Waals surface area (Å²) in [6, 6.07) is 15.7. The summed E-state index contributed by atoms with van der Waals surface area (Å²) in [5, 5.41) is 6.61. The molecule has 1 heterocycles. The molecule has 1 aromatic heterocycles. The lowest BCUT2D eigenvalue weighted by Crippen LogP contribution is -2.48. The van der Waals surface area contributed by atoms with Crippen LogP contribution in [0.25, 0.3) is 0 Å². The highest BCUT2D eigenvalue weighted by Gasteiger charge is 2.40. The highest BCUT2D eigenvalue weighted by molar-refractivity contribution is 7.09. The average molecular weight is 594 g/mol. The largest absolute Gasteiger partial charge is 0.395 e. The zero-order valence-electron chi connectivity index (χ0n) is 23.0. The van der Waals surface area contributed by atoms with Crippen molar-refractivity contribution in [1.82, 2.24) is 19.9 Å². The summed E-state index contributed by atoms with van der Waals surface area (Å²) < 4.78 is 4.31. The van der Waals surface area contributed by atoms with Gasteiger partial charge < -0.3 is 21.3 Å². The maximum Gasteiger partial charge on any atom is 0.273 e. The number of amides is 3. The smallest absolute Gasteiger partial charge is 0.273 e. The van der Waals surface area contributed by atoms with E-state index in [2.05, 4.69) is 15.0 Å². The van der Waals surface area contributed by atoms with Gasteiger partial charge in [0.2, 0.25) is 5.91 Å². The maximum atomic E-state index is 14.3. The molecule has 2 fully saturated rings. The summed E-state index contributed by atoms with van der Waals surface area (Å²) in [4.78, 5) is 43.1. The van der Waals surface area contributed by atoms with Crippen molar-refractivity contribution < 1.29 is 14.4 Å². The van der Waals surface area contributed by atoms with Crippen molar-refractivity contribution in [3.8, 4) is 0 Å². The summed E-state index contributed by atoms with van der Waals surface area (Å²) >= 11 is 7.10. The molecule has 2 aliphatic rings. The van der Waals surface area contributed by atoms with E-state index in [-0.39, 0.29) is 40.2 Å². The standard InChI is InChI=1S/C31H36ClN5O3S/c32-22-17-15-21(16-18-22)27(30(39)34-19-20-9-3-1-4-10-20)37(24-13-7-8-14-24)31(40)28-25(33)26(36-41-28)29(38)35-23-11-5-2-6-12-23/h1,3-4,9-10,15-18,23-24,27H,2,5-8,11-14,19,33H2,(H,34,39)(H,35,38). The fraction of sp³-hybridized carbons (Fsp3) is 0.419. The minimum absolute atomic E-state index is 0.0656. The Bertz CT molecular complexity index is 1350. The molecule has 2 saturated carbocycles. The van der Waals surface area contributed by atoms with E-state index in [1.165, 1.54) is 6.42 Å². The molecule has 216 valence electrons. The number of benzene rings is 2. The molecule has 2 aromatic carbocycles. The first-order valence-electron chi connectivity index (χ1n) is 14.4. The van der Waals surface area contributed by atoms with Gasteiger partial charge in [0.1, 0.15) is 10.9 Å². The third-order valence-electron chi connectivity index (χ3n) is 8.05. The Hall–Kier alpha value is -3.43. The Labute approximate surface area is 249 Å². The van der Waals surface area contributed by atoms with Crippen molar-refractivity contribution in [2.24, 2.45) is 0 Å². The first-order chi connectivity index (χ1) is 19.9. The number of nitrogens with zero attached hydrogens (tertiary/aromatic N) is 2. The van der Waals surface area contributed by atoms with Crippen molar-refractivity contribution in [2.45, 2.75) is 82.5 Å². The van der Waals surface area contributed by atoms with Crippen LogP contribution in [0.2, 0.25) is 5.02 Å². The van der Waals surface area contributed by atoms with E-state index >= 15 is 0 Å². The molecule has 0 saturated heterocycles. The highest BCUT2D eigenvalue weighted by Crippen LogP contribution is 2.36. The molecule has 8 nitrogen and oxygen atoms in total. The molecule has 2 aliphatic carbocycles. The molecule has 5 rings (SSSR count). The van der Waals surface area contributed by atoms with Crippen LogP contribution in [0.4, 0.5) is 5.69 Å². The van der Waals surface area contributed by atoms with Gasteiger partial charge in [-0.1, -0.05) is 86.2 Å². The Kier molecular flexibility index (Phi) is 9.57. The SMILES string of the molecule is Nc1c(C(=O)NC2CCCCC2)nsc1C(=O)N(C1CCCC1)C(C(=O)NCc1ccccc1)c1ccc(Cl)cc1. The Morgan fingerprint density at radius 1 is 0.951 bits per heavy atom. The van der Waals surface area contributed by atoms with Crippen LogP contribution in [-0.4, -0.2) is 39.1 Å². The number of anilines is 1. The number of hydrogen-bond donors (Lipinski definition) is 3. The fourth-order valence-corrected chi connectivity index (χ4v) is 6.74. The van der Waals surface area contributed by atoms with Crippen molar-refractivity contribution in [1.29, 1.82) is 0 Å². The molecule has 1 atom stereocenters. The van der Waals surface area contributed by atoms with E-state index in [9.17, 15) is 14.4 Å². The van der Waals surface area contributed by atoms with Gasteiger partial charge in [0, 0.05) is 23.7 Å². The van der Waals surface area contributed by atoms with Crippen molar-refractivity contribution in [3.63, 3.8) is 0 Å². The van der Waals surface area contributed by atoms with Crippen LogP contribution in [0.5, 0.6) is 0 Å². The number of aromatic nitrogens is 1. The normalized spacial score (nSPS) is 16.7. The lowest BCUT2D eigenvalue weighted by atomic mass is 9.95. The van der Waals surface area contributed by atoms with E-state index in [0.29, 0.717) is 17.1 Å². The number of nitrogen functional groups attached to an aromatic ring is 1. The van der Waals surface area contributed by atoms with Crippen molar-refractivity contribution in [2.75, 3.05) is 5.73 Å². The second-order valence-electron chi connectivity index (χ2n) is 10.9. The van der Waals surface area contributed by atoms with Gasteiger partial charge >= 0.3 is 0 Å². The monoisotopic (exact) mass is 593 g/mol. The van der Waals surface area contributed by atoms with E-state index in [0.717, 1.165) is 68.5 Å². The lowest BCUT2D eigenvalue weighted by molar-refractivity contribution is -0.126. The van der Waals surface area contributed by atoms with Crippen LogP contribution in [0.3, 0.4) is 0 Å². The van der Waals surface area contributed by atoms with E-state index in [1.807, 2.05) is 30.3 Å². The van der Waals surface area contributed by atoms with Crippen LogP contribution in [0.15, 0.2) is 54.6 Å². The van der Waals surface area contributed by atoms with Crippen molar-refractivity contribution in [3.05, 3.63) is 81.3 Å². The van der Waals surface area contributed by atoms with Crippen LogP contribution >= 0.6 is 23.1 Å². The van der Waals surface area contributed by atoms with Gasteiger partial charge in [0.05, 0.1) is 5.69 Å². The predicted octanol–water partition coefficient (Wildman–Crippen LogP) is 5.88. The van der Waals surface area contributed by atoms with Crippen LogP contribution in [0, 0.1) is 0 Å². The third-order valence-corrected chi connectivity index (χ3v) is 9.16. The van der Waals surface area contributed by atoms with Crippen LogP contribution < -0.4 is 16.4 Å². The van der Waals surface area contributed by atoms with Gasteiger partial charge in [0.15, 0.2) is 5.69 Å². The molecule has 10 heteroatoms. The lowest BCUT2D eigenvalue weighted by Gasteiger charge is -2.36. The molecule has 0 spiro atoms. The molecule has 1 unspecified atom stereocenters. The molecule has 41 heavy (non-hydrogen) atoms. The van der Waals surface area contributed by atoms with Gasteiger partial charge in [-0.15, -0.1) is 0 Å². The summed E-state index contributed by atoms with van der Waals surface area (Å²) in [5.74, 6) is -1.04. The quantitative estimate of drug-likeness (QED) is 0.286. The molecule has 0 radical (unpaired) electrons. The number of hydrogen-bond acceptors (Lipinski definition) is 6. The number of carbonyl (C=O) groups excluding carboxylic acids is 3. The summed E-state index contributed by atoms with van der Waals surface area (Å²) in [6.07, 6.45) is 8.66. The minimum atomic E-state index is -0.910. The third kappa shape index (κ3) is 6.90. The zero-order chi connectivity index (χ0) is 28.8. The Morgan fingerprint density at radius 3 is 2.29 bits per heavy atom. The van der Waals surface area contributed by atoms with E-state index in [1.54, 1.807) is 29.2 Å². The average Bonchev–Trinajstić information content (AvgIpc) is 3.66. The topological polar surface area (TPSA) is 117 Å². The number of nitrogens with two attached hydrogens (primary N) is 1. The first-order valence-corrected chi connectivity index (χ1v) is 15.5. The zero-order valence-corrected chi connectivity index (χ0v) is 24.6. The first kappa shape index (κ1) is 29.1. The van der Waals surface area contributed by atoms with Gasteiger partial charge in [0.25, 0.3) is 11.8 Å². The minimum Gasteiger partial charge on any atom is -0.395 e. The predicted molar refractivity (Wildman–Crippen MR) is 162 cm³/mol. The molecule has 0 bridgehead atoms. The number of halogens is 1. The Morgan fingerprint density at radius 2 is 1.61 bits per heavy atom. The molecular formula is C31H36ClN5O3S. The van der Waals surface area contributed by atoms with Gasteiger partial charge in [-0.2, -0.15) is 4.37 Å². The molecule has 4 N–H and O–H groups in total. The highest BCUT2D eigenvalue weighted by atomic mass is 35.5. The van der Waals surface area contributed by atoms with E-state index in [4.69, 9.17) is 17.3 Å². The molecular weight excluding hydrogens is 558 g/mol.